The molecule has 0 spiro atoms. The van der Waals surface area contributed by atoms with Crippen LogP contribution in [0.3, 0.4) is 0 Å². The number of ether oxygens (including phenoxy) is 3. The van der Waals surface area contributed by atoms with Gasteiger partial charge in [0.2, 0.25) is 0 Å². The van der Waals surface area contributed by atoms with Crippen LogP contribution in [-0.2, 0) is 19.0 Å². The summed E-state index contributed by atoms with van der Waals surface area (Å²) in [5.41, 5.74) is 0. The molecule has 2 aliphatic rings. The molecular formula is C13H23NO4. The number of morpholine rings is 1. The van der Waals surface area contributed by atoms with Crippen LogP contribution in [0.4, 0.5) is 0 Å². The fourth-order valence-corrected chi connectivity index (χ4v) is 2.94. The van der Waals surface area contributed by atoms with Crippen molar-refractivity contribution in [2.45, 2.75) is 43.9 Å². The van der Waals surface area contributed by atoms with Gasteiger partial charge in [0.1, 0.15) is 0 Å². The van der Waals surface area contributed by atoms with Gasteiger partial charge in [0.15, 0.2) is 6.10 Å². The average molecular weight is 257 g/mol. The van der Waals surface area contributed by atoms with Crippen LogP contribution in [0.15, 0.2) is 0 Å². The van der Waals surface area contributed by atoms with Gasteiger partial charge in [-0.25, -0.2) is 4.79 Å². The van der Waals surface area contributed by atoms with Crippen molar-refractivity contribution in [2.75, 3.05) is 33.9 Å². The summed E-state index contributed by atoms with van der Waals surface area (Å²) in [5.74, 6) is -0.265. The molecule has 0 amide bonds. The first kappa shape index (κ1) is 13.8. The Morgan fingerprint density at radius 1 is 1.33 bits per heavy atom. The number of esters is 1. The summed E-state index contributed by atoms with van der Waals surface area (Å²) < 4.78 is 15.7. The number of nitrogens with zero attached hydrogens (tertiary/aromatic N) is 1. The second-order valence-corrected chi connectivity index (χ2v) is 5.06. The summed E-state index contributed by atoms with van der Waals surface area (Å²) in [5, 5.41) is 0. The minimum absolute atomic E-state index is 0.265. The Morgan fingerprint density at radius 3 is 2.89 bits per heavy atom. The van der Waals surface area contributed by atoms with E-state index in [2.05, 4.69) is 4.90 Å². The summed E-state index contributed by atoms with van der Waals surface area (Å²) in [7, 11) is 3.19. The smallest absolute Gasteiger partial charge is 0.336 e. The van der Waals surface area contributed by atoms with E-state index in [9.17, 15) is 4.79 Å². The molecule has 1 aliphatic carbocycles. The van der Waals surface area contributed by atoms with E-state index in [0.717, 1.165) is 19.4 Å². The van der Waals surface area contributed by atoms with Crippen molar-refractivity contribution in [3.8, 4) is 0 Å². The molecule has 2 rings (SSSR count). The van der Waals surface area contributed by atoms with Gasteiger partial charge >= 0.3 is 5.97 Å². The van der Waals surface area contributed by atoms with E-state index in [4.69, 9.17) is 14.2 Å². The van der Waals surface area contributed by atoms with Gasteiger partial charge in [0, 0.05) is 26.2 Å². The topological polar surface area (TPSA) is 48.0 Å². The van der Waals surface area contributed by atoms with Gasteiger partial charge in [-0.05, 0) is 25.7 Å². The van der Waals surface area contributed by atoms with Crippen LogP contribution in [0.1, 0.15) is 25.7 Å². The van der Waals surface area contributed by atoms with Crippen LogP contribution in [0, 0.1) is 0 Å². The molecule has 1 heterocycles. The summed E-state index contributed by atoms with van der Waals surface area (Å²) in [6.07, 6.45) is 4.54. The third kappa shape index (κ3) is 3.22. The highest BCUT2D eigenvalue weighted by Gasteiger charge is 2.33. The van der Waals surface area contributed by atoms with Gasteiger partial charge in [-0.2, -0.15) is 0 Å². The standard InChI is InChI=1S/C13H23NO4/c1-16-11-5-3-4-10(8-11)14-6-7-18-12(9-14)13(15)17-2/h10-12H,3-9H2,1-2H3. The summed E-state index contributed by atoms with van der Waals surface area (Å²) in [4.78, 5) is 13.9. The molecule has 18 heavy (non-hydrogen) atoms. The molecular weight excluding hydrogens is 234 g/mol. The van der Waals surface area contributed by atoms with Crippen molar-refractivity contribution in [2.24, 2.45) is 0 Å². The van der Waals surface area contributed by atoms with Crippen molar-refractivity contribution in [3.05, 3.63) is 0 Å². The SMILES string of the molecule is COC(=O)C1CN(C2CCCC(OC)C2)CCO1. The van der Waals surface area contributed by atoms with Gasteiger partial charge in [-0.1, -0.05) is 0 Å². The molecule has 0 aromatic rings. The Bertz CT molecular complexity index is 284. The molecule has 3 atom stereocenters. The number of carbonyl (C=O) groups is 1. The molecule has 5 nitrogen and oxygen atoms in total. The Hall–Kier alpha value is -0.650. The summed E-state index contributed by atoms with van der Waals surface area (Å²) in [6, 6.07) is 0.514. The van der Waals surface area contributed by atoms with E-state index in [-0.39, 0.29) is 5.97 Å². The van der Waals surface area contributed by atoms with Crippen LogP contribution < -0.4 is 0 Å². The number of rotatable bonds is 3. The molecule has 0 radical (unpaired) electrons. The monoisotopic (exact) mass is 257 g/mol. The highest BCUT2D eigenvalue weighted by molar-refractivity contribution is 5.74. The maximum Gasteiger partial charge on any atom is 0.336 e. The number of carbonyl (C=O) groups excluding carboxylic acids is 1. The van der Waals surface area contributed by atoms with Crippen LogP contribution >= 0.6 is 0 Å². The molecule has 104 valence electrons. The van der Waals surface area contributed by atoms with Gasteiger partial charge < -0.3 is 14.2 Å². The molecule has 0 aromatic carbocycles. The molecule has 1 saturated heterocycles. The third-order valence-electron chi connectivity index (χ3n) is 4.01. The predicted octanol–water partition coefficient (Wildman–Crippen LogP) is 0.818. The van der Waals surface area contributed by atoms with E-state index in [1.54, 1.807) is 7.11 Å². The summed E-state index contributed by atoms with van der Waals surface area (Å²) >= 11 is 0. The van der Waals surface area contributed by atoms with Gasteiger partial charge in [-0.15, -0.1) is 0 Å². The quantitative estimate of drug-likeness (QED) is 0.701. The number of hydrogen-bond donors (Lipinski definition) is 0. The van der Waals surface area contributed by atoms with Crippen LogP contribution in [0.25, 0.3) is 0 Å². The van der Waals surface area contributed by atoms with E-state index in [1.807, 2.05) is 0 Å². The van der Waals surface area contributed by atoms with Crippen LogP contribution in [0.2, 0.25) is 0 Å². The molecule has 0 bridgehead atoms. The van der Waals surface area contributed by atoms with E-state index in [0.29, 0.717) is 25.3 Å². The lowest BCUT2D eigenvalue weighted by atomic mass is 9.91. The van der Waals surface area contributed by atoms with Crippen molar-refractivity contribution >= 4 is 5.97 Å². The fourth-order valence-electron chi connectivity index (χ4n) is 2.94. The highest BCUT2D eigenvalue weighted by atomic mass is 16.6. The van der Waals surface area contributed by atoms with Crippen molar-refractivity contribution < 1.29 is 19.0 Å². The maximum absolute atomic E-state index is 11.5. The second-order valence-electron chi connectivity index (χ2n) is 5.06. The zero-order chi connectivity index (χ0) is 13.0. The normalized spacial score (nSPS) is 34.2. The average Bonchev–Trinajstić information content (AvgIpc) is 2.46. The summed E-state index contributed by atoms with van der Waals surface area (Å²) in [6.45, 7) is 2.15. The number of methoxy groups -OCH3 is 2. The Labute approximate surface area is 108 Å². The first-order valence-electron chi connectivity index (χ1n) is 6.71. The highest BCUT2D eigenvalue weighted by Crippen LogP contribution is 2.26. The first-order valence-corrected chi connectivity index (χ1v) is 6.71. The van der Waals surface area contributed by atoms with E-state index < -0.39 is 6.10 Å². The Morgan fingerprint density at radius 2 is 2.17 bits per heavy atom. The molecule has 1 saturated carbocycles. The van der Waals surface area contributed by atoms with Gasteiger partial charge in [0.25, 0.3) is 0 Å². The maximum atomic E-state index is 11.5. The Balaban J connectivity index is 1.89. The molecule has 0 N–H and O–H groups in total. The first-order chi connectivity index (χ1) is 8.74. The number of hydrogen-bond acceptors (Lipinski definition) is 5. The van der Waals surface area contributed by atoms with Crippen molar-refractivity contribution in [3.63, 3.8) is 0 Å². The predicted molar refractivity (Wildman–Crippen MR) is 66.4 cm³/mol. The largest absolute Gasteiger partial charge is 0.467 e. The second kappa shape index (κ2) is 6.50. The molecule has 3 unspecified atom stereocenters. The molecule has 1 aliphatic heterocycles. The zero-order valence-electron chi connectivity index (χ0n) is 11.3. The Kier molecular flexibility index (Phi) is 4.97. The van der Waals surface area contributed by atoms with Crippen molar-refractivity contribution in [1.82, 2.24) is 4.90 Å². The molecule has 0 aromatic heterocycles. The van der Waals surface area contributed by atoms with E-state index in [1.165, 1.54) is 20.0 Å². The molecule has 5 heteroatoms. The van der Waals surface area contributed by atoms with Crippen LogP contribution in [0.5, 0.6) is 0 Å². The minimum Gasteiger partial charge on any atom is -0.467 e. The van der Waals surface area contributed by atoms with Gasteiger partial charge in [0.05, 0.1) is 19.8 Å². The van der Waals surface area contributed by atoms with Crippen molar-refractivity contribution in [1.29, 1.82) is 0 Å². The zero-order valence-corrected chi connectivity index (χ0v) is 11.3. The van der Waals surface area contributed by atoms with E-state index >= 15 is 0 Å². The third-order valence-corrected chi connectivity index (χ3v) is 4.01. The lowest BCUT2D eigenvalue weighted by molar-refractivity contribution is -0.161. The fraction of sp³-hybridized carbons (Fsp3) is 0.923. The molecule has 2 fully saturated rings. The lowest BCUT2D eigenvalue weighted by Gasteiger charge is -2.40. The lowest BCUT2D eigenvalue weighted by Crippen LogP contribution is -2.52. The van der Waals surface area contributed by atoms with Gasteiger partial charge in [-0.3, -0.25) is 4.90 Å². The minimum atomic E-state index is -0.424. The van der Waals surface area contributed by atoms with Crippen LogP contribution in [-0.4, -0.2) is 63.0 Å².